The zero-order valence-corrected chi connectivity index (χ0v) is 8.74. The summed E-state index contributed by atoms with van der Waals surface area (Å²) < 4.78 is 0. The summed E-state index contributed by atoms with van der Waals surface area (Å²) in [5, 5.41) is 9.56. The number of nitrogens with two attached hydrogens (primary N) is 1. The summed E-state index contributed by atoms with van der Waals surface area (Å²) in [6.07, 6.45) is 4.49. The number of hydrogen-bond donors (Lipinski definition) is 2. The highest BCUT2D eigenvalue weighted by atomic mass is 16.3. The molecule has 0 heterocycles. The van der Waals surface area contributed by atoms with Crippen LogP contribution >= 0.6 is 0 Å². The predicted molar refractivity (Wildman–Crippen MR) is 59.2 cm³/mol. The molecule has 1 aromatic rings. The molecule has 0 saturated carbocycles. The highest BCUT2D eigenvalue weighted by molar-refractivity contribution is 5.34. The number of phenolic OH excluding ortho intramolecular Hbond substituents is 1. The average molecular weight is 193 g/mol. The van der Waals surface area contributed by atoms with Crippen LogP contribution in [0.2, 0.25) is 0 Å². The van der Waals surface area contributed by atoms with Crippen LogP contribution in [0.4, 0.5) is 0 Å². The van der Waals surface area contributed by atoms with Crippen molar-refractivity contribution < 1.29 is 5.11 Å². The minimum Gasteiger partial charge on any atom is -0.508 e. The van der Waals surface area contributed by atoms with E-state index in [1.54, 1.807) is 6.07 Å². The van der Waals surface area contributed by atoms with Crippen LogP contribution in [0, 0.1) is 0 Å². The smallest absolute Gasteiger partial charge is 0.120 e. The lowest BCUT2D eigenvalue weighted by Crippen LogP contribution is -2.10. The molecule has 78 valence electrons. The number of unbranched alkanes of at least 4 members (excludes halogenated alkanes) is 2. The van der Waals surface area contributed by atoms with Gasteiger partial charge in [0.1, 0.15) is 5.75 Å². The summed E-state index contributed by atoms with van der Waals surface area (Å²) in [5.41, 5.74) is 6.84. The van der Waals surface area contributed by atoms with Gasteiger partial charge in [-0.3, -0.25) is 0 Å². The second-order valence-corrected chi connectivity index (χ2v) is 3.66. The van der Waals surface area contributed by atoms with Gasteiger partial charge in [-0.2, -0.15) is 0 Å². The Morgan fingerprint density at radius 2 is 2.00 bits per heavy atom. The average Bonchev–Trinajstić information content (AvgIpc) is 2.18. The Morgan fingerprint density at radius 1 is 1.29 bits per heavy atom. The number of phenols is 1. The van der Waals surface area contributed by atoms with Gasteiger partial charge in [0.05, 0.1) is 0 Å². The second-order valence-electron chi connectivity index (χ2n) is 3.66. The number of benzene rings is 1. The van der Waals surface area contributed by atoms with Crippen molar-refractivity contribution in [2.24, 2.45) is 5.73 Å². The van der Waals surface area contributed by atoms with Gasteiger partial charge < -0.3 is 10.8 Å². The van der Waals surface area contributed by atoms with E-state index in [2.05, 4.69) is 6.92 Å². The van der Waals surface area contributed by atoms with Crippen LogP contribution in [0.5, 0.6) is 5.75 Å². The molecule has 0 bridgehead atoms. The van der Waals surface area contributed by atoms with Crippen molar-refractivity contribution in [3.63, 3.8) is 0 Å². The van der Waals surface area contributed by atoms with Crippen LogP contribution in [0.3, 0.4) is 0 Å². The summed E-state index contributed by atoms with van der Waals surface area (Å²) >= 11 is 0. The van der Waals surface area contributed by atoms with Gasteiger partial charge in [0, 0.05) is 11.6 Å². The molecule has 3 N–H and O–H groups in total. The van der Waals surface area contributed by atoms with E-state index in [0.29, 0.717) is 5.75 Å². The van der Waals surface area contributed by atoms with Crippen molar-refractivity contribution in [3.8, 4) is 5.75 Å². The largest absolute Gasteiger partial charge is 0.508 e. The molecule has 1 aromatic carbocycles. The van der Waals surface area contributed by atoms with Gasteiger partial charge in [-0.05, 0) is 12.5 Å². The van der Waals surface area contributed by atoms with Gasteiger partial charge in [0.2, 0.25) is 0 Å². The first kappa shape index (κ1) is 11.1. The molecule has 2 heteroatoms. The van der Waals surface area contributed by atoms with E-state index in [4.69, 9.17) is 5.73 Å². The topological polar surface area (TPSA) is 46.2 Å². The Bertz CT molecular complexity index is 273. The maximum Gasteiger partial charge on any atom is 0.120 e. The monoisotopic (exact) mass is 193 g/mol. The third kappa shape index (κ3) is 3.04. The molecule has 0 spiro atoms. The molecular formula is C12H19NO. The highest BCUT2D eigenvalue weighted by Gasteiger charge is 2.08. The molecule has 0 aliphatic heterocycles. The van der Waals surface area contributed by atoms with Gasteiger partial charge in [-0.25, -0.2) is 0 Å². The first-order chi connectivity index (χ1) is 6.75. The molecule has 0 amide bonds. The van der Waals surface area contributed by atoms with Crippen molar-refractivity contribution in [3.05, 3.63) is 29.8 Å². The molecule has 2 nitrogen and oxygen atoms in total. The predicted octanol–water partition coefficient (Wildman–Crippen LogP) is 2.97. The zero-order chi connectivity index (χ0) is 10.4. The van der Waals surface area contributed by atoms with E-state index in [9.17, 15) is 5.11 Å². The maximum absolute atomic E-state index is 9.56. The molecule has 0 saturated heterocycles. The second kappa shape index (κ2) is 5.66. The van der Waals surface area contributed by atoms with E-state index in [0.717, 1.165) is 18.4 Å². The molecule has 14 heavy (non-hydrogen) atoms. The Balaban J connectivity index is 2.51. The quantitative estimate of drug-likeness (QED) is 0.706. The molecule has 0 radical (unpaired) electrons. The summed E-state index contributed by atoms with van der Waals surface area (Å²) in [5.74, 6) is 0.316. The number of para-hydroxylation sites is 1. The number of hydrogen-bond acceptors (Lipinski definition) is 2. The van der Waals surface area contributed by atoms with E-state index >= 15 is 0 Å². The SMILES string of the molecule is CCCCC[C@@H](N)c1ccccc1O. The molecule has 0 aliphatic rings. The molecule has 1 atom stereocenters. The minimum atomic E-state index is -0.0252. The zero-order valence-electron chi connectivity index (χ0n) is 8.74. The van der Waals surface area contributed by atoms with E-state index < -0.39 is 0 Å². The normalized spacial score (nSPS) is 12.7. The van der Waals surface area contributed by atoms with Gasteiger partial charge in [-0.1, -0.05) is 44.4 Å². The van der Waals surface area contributed by atoms with Crippen LogP contribution < -0.4 is 5.73 Å². The van der Waals surface area contributed by atoms with Crippen LogP contribution in [0.25, 0.3) is 0 Å². The molecule has 0 unspecified atom stereocenters. The van der Waals surface area contributed by atoms with Crippen LogP contribution in [-0.2, 0) is 0 Å². The van der Waals surface area contributed by atoms with Crippen molar-refractivity contribution in [2.45, 2.75) is 38.6 Å². The fourth-order valence-electron chi connectivity index (χ4n) is 1.57. The minimum absolute atomic E-state index is 0.0252. The Hall–Kier alpha value is -1.02. The fraction of sp³-hybridized carbons (Fsp3) is 0.500. The Morgan fingerprint density at radius 3 is 2.64 bits per heavy atom. The summed E-state index contributed by atoms with van der Waals surface area (Å²) in [7, 11) is 0. The van der Waals surface area contributed by atoms with Crippen molar-refractivity contribution in [2.75, 3.05) is 0 Å². The standard InChI is InChI=1S/C12H19NO/c1-2-3-4-8-11(13)10-7-5-6-9-12(10)14/h5-7,9,11,14H,2-4,8,13H2,1H3/t11-/m1/s1. The third-order valence-corrected chi connectivity index (χ3v) is 2.45. The lowest BCUT2D eigenvalue weighted by molar-refractivity contribution is 0.456. The van der Waals surface area contributed by atoms with Gasteiger partial charge in [0.25, 0.3) is 0 Å². The first-order valence-corrected chi connectivity index (χ1v) is 5.29. The molecule has 0 aromatic heterocycles. The van der Waals surface area contributed by atoms with E-state index in [1.165, 1.54) is 12.8 Å². The number of aromatic hydroxyl groups is 1. The van der Waals surface area contributed by atoms with E-state index in [1.807, 2.05) is 18.2 Å². The molecule has 0 aliphatic carbocycles. The lowest BCUT2D eigenvalue weighted by atomic mass is 10.0. The van der Waals surface area contributed by atoms with Gasteiger partial charge in [0.15, 0.2) is 0 Å². The van der Waals surface area contributed by atoms with Crippen LogP contribution in [-0.4, -0.2) is 5.11 Å². The van der Waals surface area contributed by atoms with Crippen molar-refractivity contribution >= 4 is 0 Å². The van der Waals surface area contributed by atoms with Crippen LogP contribution in [0.15, 0.2) is 24.3 Å². The lowest BCUT2D eigenvalue weighted by Gasteiger charge is -2.12. The first-order valence-electron chi connectivity index (χ1n) is 5.29. The number of rotatable bonds is 5. The van der Waals surface area contributed by atoms with Gasteiger partial charge >= 0.3 is 0 Å². The van der Waals surface area contributed by atoms with E-state index in [-0.39, 0.29) is 6.04 Å². The van der Waals surface area contributed by atoms with Crippen molar-refractivity contribution in [1.82, 2.24) is 0 Å². The molecule has 0 fully saturated rings. The summed E-state index contributed by atoms with van der Waals surface area (Å²) in [6, 6.07) is 7.29. The molecular weight excluding hydrogens is 174 g/mol. The third-order valence-electron chi connectivity index (χ3n) is 2.45. The molecule has 1 rings (SSSR count). The summed E-state index contributed by atoms with van der Waals surface area (Å²) in [4.78, 5) is 0. The fourth-order valence-corrected chi connectivity index (χ4v) is 1.57. The Labute approximate surface area is 85.8 Å². The highest BCUT2D eigenvalue weighted by Crippen LogP contribution is 2.25. The van der Waals surface area contributed by atoms with Gasteiger partial charge in [-0.15, -0.1) is 0 Å². The summed E-state index contributed by atoms with van der Waals surface area (Å²) in [6.45, 7) is 2.17. The Kier molecular flexibility index (Phi) is 4.47. The maximum atomic E-state index is 9.56. The van der Waals surface area contributed by atoms with Crippen LogP contribution in [0.1, 0.15) is 44.2 Å². The van der Waals surface area contributed by atoms with Crippen molar-refractivity contribution in [1.29, 1.82) is 0 Å².